The second-order valence-electron chi connectivity index (χ2n) is 4.54. The van der Waals surface area contributed by atoms with Gasteiger partial charge in [-0.15, -0.1) is 12.4 Å². The van der Waals surface area contributed by atoms with Crippen molar-refractivity contribution >= 4 is 45.0 Å². The highest BCUT2D eigenvalue weighted by atomic mass is 35.5. The monoisotopic (exact) mass is 265 g/mol. The molecule has 0 unspecified atom stereocenters. The van der Waals surface area contributed by atoms with E-state index in [0.717, 1.165) is 11.0 Å². The van der Waals surface area contributed by atoms with E-state index in [-0.39, 0.29) is 12.4 Å². The molecule has 1 nitrogen and oxygen atoms in total. The van der Waals surface area contributed by atoms with Gasteiger partial charge in [0.15, 0.2) is 0 Å². The molecule has 0 atom stereocenters. The molecule has 1 heterocycles. The Morgan fingerprint density at radius 3 is 2.21 bits per heavy atom. The molecule has 4 aromatic rings. The van der Waals surface area contributed by atoms with Gasteiger partial charge in [0.05, 0.1) is 11.0 Å². The molecule has 3 aromatic carbocycles. The highest BCUT2D eigenvalue weighted by molar-refractivity contribution is 6.08. The lowest BCUT2D eigenvalue weighted by Crippen LogP contribution is -1.84. The predicted molar refractivity (Wildman–Crippen MR) is 84.0 cm³/mol. The molecule has 0 bridgehead atoms. The van der Waals surface area contributed by atoms with E-state index >= 15 is 0 Å². The molecule has 1 aromatic heterocycles. The second kappa shape index (κ2) is 4.52. The number of nitrogens with zero attached hydrogens (tertiary/aromatic N) is 1. The molecular formula is C17H12ClN. The minimum Gasteiger partial charge on any atom is -0.247 e. The lowest BCUT2D eigenvalue weighted by atomic mass is 10.0. The van der Waals surface area contributed by atoms with Crippen molar-refractivity contribution in [2.24, 2.45) is 0 Å². The average molecular weight is 266 g/mol. The number of benzene rings is 3. The van der Waals surface area contributed by atoms with Gasteiger partial charge in [0.2, 0.25) is 0 Å². The van der Waals surface area contributed by atoms with Gasteiger partial charge in [-0.2, -0.15) is 0 Å². The van der Waals surface area contributed by atoms with Crippen LogP contribution in [0, 0.1) is 0 Å². The summed E-state index contributed by atoms with van der Waals surface area (Å²) in [5, 5.41) is 4.86. The van der Waals surface area contributed by atoms with E-state index in [2.05, 4.69) is 60.7 Å². The fourth-order valence-electron chi connectivity index (χ4n) is 2.51. The maximum Gasteiger partial charge on any atom is 0.0788 e. The first-order valence-corrected chi connectivity index (χ1v) is 6.09. The Morgan fingerprint density at radius 2 is 1.32 bits per heavy atom. The Bertz CT molecular complexity index is 877. The summed E-state index contributed by atoms with van der Waals surface area (Å²) in [5.41, 5.74) is 2.15. The van der Waals surface area contributed by atoms with Crippen molar-refractivity contribution < 1.29 is 0 Å². The minimum absolute atomic E-state index is 0. The van der Waals surface area contributed by atoms with Gasteiger partial charge in [0, 0.05) is 16.2 Å². The standard InChI is InChI=1S/C17H11N.ClH/c1-3-7-15-12(5-1)9-10-14-11-13-6-2-4-8-16(13)18-17(14)15;/h1-11H;1H. The largest absolute Gasteiger partial charge is 0.247 e. The fourth-order valence-corrected chi connectivity index (χ4v) is 2.51. The molecule has 0 spiro atoms. The summed E-state index contributed by atoms with van der Waals surface area (Å²) in [7, 11) is 0. The molecule has 0 aliphatic heterocycles. The normalized spacial score (nSPS) is 10.7. The quantitative estimate of drug-likeness (QED) is 0.323. The molecule has 0 aliphatic rings. The van der Waals surface area contributed by atoms with Gasteiger partial charge in [-0.3, -0.25) is 0 Å². The summed E-state index contributed by atoms with van der Waals surface area (Å²) in [6.07, 6.45) is 0. The smallest absolute Gasteiger partial charge is 0.0788 e. The van der Waals surface area contributed by atoms with Crippen LogP contribution in [0.1, 0.15) is 0 Å². The number of fused-ring (bicyclic) bond motifs is 4. The molecule has 0 amide bonds. The van der Waals surface area contributed by atoms with Crippen molar-refractivity contribution in [3.8, 4) is 0 Å². The third-order valence-corrected chi connectivity index (χ3v) is 3.41. The fraction of sp³-hybridized carbons (Fsp3) is 0. The van der Waals surface area contributed by atoms with E-state index in [1.165, 1.54) is 21.5 Å². The van der Waals surface area contributed by atoms with Gasteiger partial charge in [-0.05, 0) is 17.5 Å². The lowest BCUT2D eigenvalue weighted by molar-refractivity contribution is 1.52. The van der Waals surface area contributed by atoms with Gasteiger partial charge in [-0.25, -0.2) is 4.98 Å². The molecule has 4 rings (SSSR count). The van der Waals surface area contributed by atoms with Crippen molar-refractivity contribution in [2.75, 3.05) is 0 Å². The van der Waals surface area contributed by atoms with E-state index < -0.39 is 0 Å². The zero-order valence-electron chi connectivity index (χ0n) is 10.2. The van der Waals surface area contributed by atoms with Gasteiger partial charge in [0.1, 0.15) is 0 Å². The Balaban J connectivity index is 0.00000110. The molecular weight excluding hydrogens is 254 g/mol. The summed E-state index contributed by atoms with van der Waals surface area (Å²) in [6.45, 7) is 0. The van der Waals surface area contributed by atoms with Crippen LogP contribution in [0.2, 0.25) is 0 Å². The number of para-hydroxylation sites is 1. The third-order valence-electron chi connectivity index (χ3n) is 3.41. The van der Waals surface area contributed by atoms with Crippen LogP contribution in [-0.2, 0) is 0 Å². The van der Waals surface area contributed by atoms with Gasteiger partial charge in [0.25, 0.3) is 0 Å². The van der Waals surface area contributed by atoms with E-state index in [0.29, 0.717) is 0 Å². The Kier molecular flexibility index (Phi) is 2.84. The van der Waals surface area contributed by atoms with Crippen LogP contribution >= 0.6 is 12.4 Å². The van der Waals surface area contributed by atoms with E-state index in [1.807, 2.05) is 6.07 Å². The SMILES string of the molecule is Cl.c1ccc2nc3c(ccc4ccccc43)cc2c1. The lowest BCUT2D eigenvalue weighted by Gasteiger charge is -2.05. The first-order chi connectivity index (χ1) is 8.92. The molecule has 2 heteroatoms. The summed E-state index contributed by atoms with van der Waals surface area (Å²) in [5.74, 6) is 0. The molecule has 0 radical (unpaired) electrons. The first kappa shape index (κ1) is 11.9. The minimum atomic E-state index is 0. The number of hydrogen-bond donors (Lipinski definition) is 0. The van der Waals surface area contributed by atoms with Crippen molar-refractivity contribution in [3.63, 3.8) is 0 Å². The number of halogens is 1. The predicted octanol–water partition coefficient (Wildman–Crippen LogP) is 4.96. The summed E-state index contributed by atoms with van der Waals surface area (Å²) in [4.78, 5) is 4.81. The Hall–Kier alpha value is -2.12. The van der Waals surface area contributed by atoms with E-state index in [4.69, 9.17) is 4.98 Å². The highest BCUT2D eigenvalue weighted by Gasteiger charge is 2.03. The topological polar surface area (TPSA) is 12.9 Å². The Labute approximate surface area is 117 Å². The molecule has 0 aliphatic carbocycles. The number of hydrogen-bond acceptors (Lipinski definition) is 1. The Morgan fingerprint density at radius 1 is 0.632 bits per heavy atom. The molecule has 0 saturated carbocycles. The van der Waals surface area contributed by atoms with Crippen LogP contribution in [0.3, 0.4) is 0 Å². The molecule has 92 valence electrons. The molecule has 0 N–H and O–H groups in total. The van der Waals surface area contributed by atoms with Gasteiger partial charge in [-0.1, -0.05) is 54.6 Å². The molecule has 0 fully saturated rings. The van der Waals surface area contributed by atoms with Gasteiger partial charge < -0.3 is 0 Å². The maximum atomic E-state index is 4.81. The second-order valence-corrected chi connectivity index (χ2v) is 4.54. The summed E-state index contributed by atoms with van der Waals surface area (Å²) >= 11 is 0. The van der Waals surface area contributed by atoms with Crippen LogP contribution in [0.15, 0.2) is 66.7 Å². The maximum absolute atomic E-state index is 4.81. The molecule has 19 heavy (non-hydrogen) atoms. The number of aromatic nitrogens is 1. The van der Waals surface area contributed by atoms with Crippen LogP contribution in [0.25, 0.3) is 32.6 Å². The van der Waals surface area contributed by atoms with Crippen molar-refractivity contribution in [1.29, 1.82) is 0 Å². The van der Waals surface area contributed by atoms with Crippen LogP contribution < -0.4 is 0 Å². The number of pyridine rings is 1. The average Bonchev–Trinajstić information content (AvgIpc) is 2.45. The highest BCUT2D eigenvalue weighted by Crippen LogP contribution is 2.26. The third kappa shape index (κ3) is 1.83. The van der Waals surface area contributed by atoms with Gasteiger partial charge >= 0.3 is 0 Å². The van der Waals surface area contributed by atoms with E-state index in [9.17, 15) is 0 Å². The van der Waals surface area contributed by atoms with Crippen molar-refractivity contribution in [1.82, 2.24) is 4.98 Å². The van der Waals surface area contributed by atoms with E-state index in [1.54, 1.807) is 0 Å². The van der Waals surface area contributed by atoms with Crippen LogP contribution in [-0.4, -0.2) is 4.98 Å². The van der Waals surface area contributed by atoms with Crippen molar-refractivity contribution in [2.45, 2.75) is 0 Å². The molecule has 0 saturated heterocycles. The summed E-state index contributed by atoms with van der Waals surface area (Å²) in [6, 6.07) is 23.2. The first-order valence-electron chi connectivity index (χ1n) is 6.09. The van der Waals surface area contributed by atoms with Crippen molar-refractivity contribution in [3.05, 3.63) is 66.7 Å². The summed E-state index contributed by atoms with van der Waals surface area (Å²) < 4.78 is 0. The van der Waals surface area contributed by atoms with Crippen LogP contribution in [0.4, 0.5) is 0 Å². The van der Waals surface area contributed by atoms with Crippen LogP contribution in [0.5, 0.6) is 0 Å². The number of rotatable bonds is 0. The zero-order chi connectivity index (χ0) is 11.9. The zero-order valence-corrected chi connectivity index (χ0v) is 11.0.